The summed E-state index contributed by atoms with van der Waals surface area (Å²) in [5, 5.41) is 11.8. The molecule has 0 spiro atoms. The van der Waals surface area contributed by atoms with Crippen molar-refractivity contribution in [1.82, 2.24) is 24.9 Å². The molecule has 1 saturated heterocycles. The Labute approximate surface area is 135 Å². The van der Waals surface area contributed by atoms with Crippen LogP contribution < -0.4 is 10.6 Å². The van der Waals surface area contributed by atoms with Gasteiger partial charge in [-0.05, 0) is 38.9 Å². The second-order valence-electron chi connectivity index (χ2n) is 6.02. The van der Waals surface area contributed by atoms with Crippen LogP contribution in [0.2, 0.25) is 0 Å². The monoisotopic (exact) mass is 308 g/mol. The normalized spacial score (nSPS) is 17.7. The quantitative estimate of drug-likeness (QED) is 0.776. The molecule has 1 atom stereocenters. The summed E-state index contributed by atoms with van der Waals surface area (Å²) in [6.45, 7) is 6.17. The Balaban J connectivity index is 1.83. The summed E-state index contributed by atoms with van der Waals surface area (Å²) in [6.07, 6.45) is 2.91. The topological polar surface area (TPSA) is 67.1 Å². The Bertz CT molecular complexity index is 833. The molecule has 0 radical (unpaired) electrons. The zero-order chi connectivity index (χ0) is 15.8. The van der Waals surface area contributed by atoms with E-state index in [1.807, 2.05) is 35.7 Å². The highest BCUT2D eigenvalue weighted by Gasteiger charge is 2.19. The molecule has 4 heterocycles. The largest absolute Gasteiger partial charge is 0.366 e. The Hall–Kier alpha value is -2.47. The van der Waals surface area contributed by atoms with Crippen molar-refractivity contribution in [3.63, 3.8) is 0 Å². The van der Waals surface area contributed by atoms with E-state index >= 15 is 0 Å². The van der Waals surface area contributed by atoms with Gasteiger partial charge in [0.05, 0.1) is 5.69 Å². The Morgan fingerprint density at radius 3 is 2.91 bits per heavy atom. The Morgan fingerprint density at radius 2 is 2.17 bits per heavy atom. The fourth-order valence-corrected chi connectivity index (χ4v) is 2.98. The number of nitrogens with one attached hydrogen (secondary N) is 2. The molecule has 0 bridgehead atoms. The minimum atomic E-state index is 0.432. The van der Waals surface area contributed by atoms with Crippen molar-refractivity contribution >= 4 is 11.5 Å². The predicted molar refractivity (Wildman–Crippen MR) is 90.6 cm³/mol. The maximum atomic E-state index is 4.74. The first kappa shape index (κ1) is 14.1. The number of pyridine rings is 1. The highest BCUT2D eigenvalue weighted by atomic mass is 15.3. The van der Waals surface area contributed by atoms with Gasteiger partial charge in [0.1, 0.15) is 11.5 Å². The van der Waals surface area contributed by atoms with Crippen molar-refractivity contribution in [1.29, 1.82) is 0 Å². The maximum absolute atomic E-state index is 4.74. The Morgan fingerprint density at radius 1 is 1.26 bits per heavy atom. The highest BCUT2D eigenvalue weighted by Crippen LogP contribution is 2.24. The van der Waals surface area contributed by atoms with Crippen LogP contribution in [0.1, 0.15) is 17.7 Å². The van der Waals surface area contributed by atoms with E-state index in [9.17, 15) is 0 Å². The predicted octanol–water partition coefficient (Wildman–Crippen LogP) is 2.18. The summed E-state index contributed by atoms with van der Waals surface area (Å²) in [7, 11) is 0. The third-order valence-electron chi connectivity index (χ3n) is 4.41. The lowest BCUT2D eigenvalue weighted by Crippen LogP contribution is -2.24. The molecule has 0 amide bonds. The van der Waals surface area contributed by atoms with Crippen LogP contribution in [0.25, 0.3) is 17.0 Å². The van der Waals surface area contributed by atoms with E-state index in [4.69, 9.17) is 5.10 Å². The average molecular weight is 308 g/mol. The number of anilines is 1. The first-order valence-electron chi connectivity index (χ1n) is 7.98. The molecule has 6 nitrogen and oxygen atoms in total. The van der Waals surface area contributed by atoms with E-state index in [1.54, 1.807) is 6.20 Å². The SMILES string of the molecule is Cc1nc2cc(-c3ccccn3)nn2c(NC2CCNC2)c1C. The van der Waals surface area contributed by atoms with Gasteiger partial charge in [-0.25, -0.2) is 4.98 Å². The number of hydrogen-bond donors (Lipinski definition) is 2. The number of fused-ring (bicyclic) bond motifs is 1. The molecular formula is C17H20N6. The molecule has 0 saturated carbocycles. The zero-order valence-electron chi connectivity index (χ0n) is 13.4. The maximum Gasteiger partial charge on any atom is 0.158 e. The van der Waals surface area contributed by atoms with Crippen molar-refractivity contribution < 1.29 is 0 Å². The molecule has 4 rings (SSSR count). The van der Waals surface area contributed by atoms with Gasteiger partial charge >= 0.3 is 0 Å². The lowest BCUT2D eigenvalue weighted by molar-refractivity contribution is 0.770. The van der Waals surface area contributed by atoms with Gasteiger partial charge in [-0.15, -0.1) is 0 Å². The van der Waals surface area contributed by atoms with E-state index < -0.39 is 0 Å². The molecular weight excluding hydrogens is 288 g/mol. The van der Waals surface area contributed by atoms with E-state index in [0.29, 0.717) is 6.04 Å². The van der Waals surface area contributed by atoms with Gasteiger partial charge in [-0.2, -0.15) is 9.61 Å². The fourth-order valence-electron chi connectivity index (χ4n) is 2.98. The molecule has 3 aromatic rings. The number of nitrogens with zero attached hydrogens (tertiary/aromatic N) is 4. The second kappa shape index (κ2) is 5.62. The van der Waals surface area contributed by atoms with Gasteiger partial charge in [-0.3, -0.25) is 4.98 Å². The molecule has 1 aliphatic heterocycles. The molecule has 6 heteroatoms. The summed E-state index contributed by atoms with van der Waals surface area (Å²) in [5.41, 5.74) is 4.72. The molecule has 1 fully saturated rings. The van der Waals surface area contributed by atoms with Crippen LogP contribution in [-0.4, -0.2) is 38.7 Å². The standard InChI is InChI=1S/C17H20N6/c1-11-12(2)20-16-9-15(14-5-3-4-7-19-14)22-23(16)17(11)21-13-6-8-18-10-13/h3-5,7,9,13,18,21H,6,8,10H2,1-2H3. The first-order valence-corrected chi connectivity index (χ1v) is 7.98. The molecule has 1 aliphatic rings. The molecule has 0 aromatic carbocycles. The first-order chi connectivity index (χ1) is 11.2. The van der Waals surface area contributed by atoms with Gasteiger partial charge in [0.25, 0.3) is 0 Å². The van der Waals surface area contributed by atoms with Crippen molar-refractivity contribution in [2.75, 3.05) is 18.4 Å². The highest BCUT2D eigenvalue weighted by molar-refractivity contribution is 5.64. The zero-order valence-corrected chi connectivity index (χ0v) is 13.4. The smallest absolute Gasteiger partial charge is 0.158 e. The van der Waals surface area contributed by atoms with Gasteiger partial charge in [0.2, 0.25) is 0 Å². The molecule has 3 aromatic heterocycles. The minimum absolute atomic E-state index is 0.432. The number of aromatic nitrogens is 4. The van der Waals surface area contributed by atoms with Crippen LogP contribution in [0.4, 0.5) is 5.82 Å². The molecule has 23 heavy (non-hydrogen) atoms. The van der Waals surface area contributed by atoms with E-state index in [1.165, 1.54) is 0 Å². The summed E-state index contributed by atoms with van der Waals surface area (Å²) in [4.78, 5) is 9.06. The number of rotatable bonds is 3. The lowest BCUT2D eigenvalue weighted by atomic mass is 10.2. The van der Waals surface area contributed by atoms with Crippen molar-refractivity contribution in [2.45, 2.75) is 26.3 Å². The number of hydrogen-bond acceptors (Lipinski definition) is 5. The molecule has 2 N–H and O–H groups in total. The summed E-state index contributed by atoms with van der Waals surface area (Å²) >= 11 is 0. The van der Waals surface area contributed by atoms with Crippen LogP contribution in [0.5, 0.6) is 0 Å². The van der Waals surface area contributed by atoms with E-state index in [0.717, 1.165) is 53.6 Å². The third kappa shape index (κ3) is 2.55. The third-order valence-corrected chi connectivity index (χ3v) is 4.41. The molecule has 118 valence electrons. The van der Waals surface area contributed by atoms with Crippen LogP contribution in [0.15, 0.2) is 30.5 Å². The summed E-state index contributed by atoms with van der Waals surface area (Å²) in [6, 6.07) is 8.27. The number of aryl methyl sites for hydroxylation is 1. The van der Waals surface area contributed by atoms with Gasteiger partial charge in [0, 0.05) is 36.1 Å². The van der Waals surface area contributed by atoms with Gasteiger partial charge in [-0.1, -0.05) is 6.07 Å². The average Bonchev–Trinajstić information content (AvgIpc) is 3.22. The van der Waals surface area contributed by atoms with Crippen molar-refractivity contribution in [2.24, 2.45) is 0 Å². The minimum Gasteiger partial charge on any atom is -0.366 e. The van der Waals surface area contributed by atoms with Crippen LogP contribution in [-0.2, 0) is 0 Å². The van der Waals surface area contributed by atoms with Crippen LogP contribution in [0, 0.1) is 13.8 Å². The van der Waals surface area contributed by atoms with E-state index in [2.05, 4.69) is 27.5 Å². The molecule has 1 unspecified atom stereocenters. The van der Waals surface area contributed by atoms with Crippen LogP contribution in [0.3, 0.4) is 0 Å². The fraction of sp³-hybridized carbons (Fsp3) is 0.353. The van der Waals surface area contributed by atoms with Crippen LogP contribution >= 0.6 is 0 Å². The van der Waals surface area contributed by atoms with Gasteiger partial charge in [0.15, 0.2) is 5.65 Å². The van der Waals surface area contributed by atoms with Crippen molar-refractivity contribution in [3.8, 4) is 11.4 Å². The summed E-state index contributed by atoms with van der Waals surface area (Å²) in [5.74, 6) is 1.03. The van der Waals surface area contributed by atoms with E-state index in [-0.39, 0.29) is 0 Å². The van der Waals surface area contributed by atoms with Crippen molar-refractivity contribution in [3.05, 3.63) is 41.7 Å². The molecule has 0 aliphatic carbocycles. The van der Waals surface area contributed by atoms with Gasteiger partial charge < -0.3 is 10.6 Å². The summed E-state index contributed by atoms with van der Waals surface area (Å²) < 4.78 is 1.91. The second-order valence-corrected chi connectivity index (χ2v) is 6.02. The lowest BCUT2D eigenvalue weighted by Gasteiger charge is -2.17. The Kier molecular flexibility index (Phi) is 3.46.